The van der Waals surface area contributed by atoms with Crippen molar-refractivity contribution in [2.45, 2.75) is 6.18 Å². The lowest BCUT2D eigenvalue weighted by molar-refractivity contribution is -0.141. The molecule has 0 amide bonds. The van der Waals surface area contributed by atoms with E-state index in [9.17, 15) is 18.0 Å². The number of hydrogen-bond donors (Lipinski definition) is 1. The van der Waals surface area contributed by atoms with E-state index in [0.29, 0.717) is 11.5 Å². The van der Waals surface area contributed by atoms with Crippen LogP contribution in [0.5, 0.6) is 0 Å². The van der Waals surface area contributed by atoms with Crippen molar-refractivity contribution in [1.82, 2.24) is 9.97 Å². The van der Waals surface area contributed by atoms with Crippen LogP contribution < -0.4 is 5.69 Å². The van der Waals surface area contributed by atoms with Gasteiger partial charge < -0.3 is 9.40 Å². The monoisotopic (exact) mass is 410 g/mol. The highest BCUT2D eigenvalue weighted by atomic mass is 79.9. The second-order valence-corrected chi connectivity index (χ2v) is 5.97. The second kappa shape index (κ2) is 6.72. The zero-order valence-corrected chi connectivity index (χ0v) is 14.1. The normalized spacial score (nSPS) is 12.0. The summed E-state index contributed by atoms with van der Waals surface area (Å²) in [5.74, 6) is 0.958. The van der Waals surface area contributed by atoms with Gasteiger partial charge >= 0.3 is 11.9 Å². The molecule has 1 aromatic carbocycles. The number of rotatable bonds is 3. The number of alkyl halides is 3. The van der Waals surface area contributed by atoms with Crippen LogP contribution in [0.3, 0.4) is 0 Å². The SMILES string of the molecule is O=c1ncc(/C=C/c2ccc(-c3ccc(Br)cc3)o2)c(C(F)(F)F)[nH]1. The first-order valence-electron chi connectivity index (χ1n) is 7.03. The number of nitrogens with zero attached hydrogens (tertiary/aromatic N) is 1. The Morgan fingerprint density at radius 1 is 1.08 bits per heavy atom. The average Bonchev–Trinajstić information content (AvgIpc) is 3.02. The van der Waals surface area contributed by atoms with Crippen LogP contribution in [-0.2, 0) is 6.18 Å². The molecule has 0 saturated carbocycles. The van der Waals surface area contributed by atoms with Crippen molar-refractivity contribution in [2.75, 3.05) is 0 Å². The molecule has 1 N–H and O–H groups in total. The summed E-state index contributed by atoms with van der Waals surface area (Å²) in [4.78, 5) is 16.1. The fourth-order valence-electron chi connectivity index (χ4n) is 2.15. The van der Waals surface area contributed by atoms with Gasteiger partial charge in [0.15, 0.2) is 0 Å². The third-order valence-corrected chi connectivity index (χ3v) is 3.84. The van der Waals surface area contributed by atoms with Crippen LogP contribution in [0.25, 0.3) is 23.5 Å². The van der Waals surface area contributed by atoms with Crippen molar-refractivity contribution in [3.05, 3.63) is 74.6 Å². The van der Waals surface area contributed by atoms with E-state index in [4.69, 9.17) is 4.42 Å². The Kier molecular flexibility index (Phi) is 4.63. The van der Waals surface area contributed by atoms with Gasteiger partial charge in [-0.05, 0) is 36.4 Å². The first kappa shape index (κ1) is 17.2. The van der Waals surface area contributed by atoms with E-state index in [2.05, 4.69) is 20.9 Å². The molecule has 3 aromatic rings. The van der Waals surface area contributed by atoms with E-state index in [1.54, 1.807) is 17.1 Å². The smallest absolute Gasteiger partial charge is 0.432 e. The van der Waals surface area contributed by atoms with Crippen LogP contribution in [0.2, 0.25) is 0 Å². The Morgan fingerprint density at radius 2 is 1.80 bits per heavy atom. The standard InChI is InChI=1S/C17H10BrF3N2O2/c18-12-4-1-10(2-5-12)14-8-7-13(25-14)6-3-11-9-22-16(24)23-15(11)17(19,20)21/h1-9H,(H,22,23,24)/b6-3+. The number of furan rings is 1. The molecule has 0 atom stereocenters. The summed E-state index contributed by atoms with van der Waals surface area (Å²) in [6, 6.07) is 10.8. The van der Waals surface area contributed by atoms with Gasteiger partial charge in [-0.15, -0.1) is 0 Å². The Labute approximate surface area is 148 Å². The number of H-pyrrole nitrogens is 1. The maximum absolute atomic E-state index is 13.0. The number of nitrogens with one attached hydrogen (secondary N) is 1. The molecule has 8 heteroatoms. The number of aromatic amines is 1. The minimum atomic E-state index is -4.69. The molecule has 2 aromatic heterocycles. The van der Waals surface area contributed by atoms with Gasteiger partial charge in [0.1, 0.15) is 17.2 Å². The second-order valence-electron chi connectivity index (χ2n) is 5.06. The van der Waals surface area contributed by atoms with Crippen LogP contribution in [0.15, 0.2) is 56.3 Å². The Bertz CT molecular complexity index is 973. The Balaban J connectivity index is 1.89. The fourth-order valence-corrected chi connectivity index (χ4v) is 2.41. The van der Waals surface area contributed by atoms with Gasteiger partial charge in [0.05, 0.1) is 0 Å². The highest BCUT2D eigenvalue weighted by Crippen LogP contribution is 2.30. The molecule has 0 fully saturated rings. The maximum atomic E-state index is 13.0. The number of aromatic nitrogens is 2. The number of hydrogen-bond acceptors (Lipinski definition) is 3. The first-order valence-corrected chi connectivity index (χ1v) is 7.82. The van der Waals surface area contributed by atoms with Crippen molar-refractivity contribution in [3.8, 4) is 11.3 Å². The molecule has 0 aliphatic heterocycles. The molecule has 2 heterocycles. The lowest BCUT2D eigenvalue weighted by atomic mass is 10.2. The molecule has 0 radical (unpaired) electrons. The highest BCUT2D eigenvalue weighted by Gasteiger charge is 2.34. The van der Waals surface area contributed by atoms with Gasteiger partial charge in [0.2, 0.25) is 0 Å². The summed E-state index contributed by atoms with van der Waals surface area (Å²) in [6.07, 6.45) is -1.24. The largest absolute Gasteiger partial charge is 0.457 e. The summed E-state index contributed by atoms with van der Waals surface area (Å²) in [5, 5.41) is 0. The van der Waals surface area contributed by atoms with Crippen molar-refractivity contribution in [1.29, 1.82) is 0 Å². The van der Waals surface area contributed by atoms with Crippen LogP contribution in [0.1, 0.15) is 17.0 Å². The van der Waals surface area contributed by atoms with E-state index in [1.165, 1.54) is 12.2 Å². The highest BCUT2D eigenvalue weighted by molar-refractivity contribution is 9.10. The van der Waals surface area contributed by atoms with Gasteiger partial charge in [0, 0.05) is 21.8 Å². The van der Waals surface area contributed by atoms with E-state index in [1.807, 2.05) is 24.3 Å². The molecular weight excluding hydrogens is 401 g/mol. The maximum Gasteiger partial charge on any atom is 0.432 e. The predicted molar refractivity (Wildman–Crippen MR) is 90.6 cm³/mol. The molecule has 4 nitrogen and oxygen atoms in total. The van der Waals surface area contributed by atoms with Crippen LogP contribution in [0, 0.1) is 0 Å². The molecular formula is C17H10BrF3N2O2. The van der Waals surface area contributed by atoms with E-state index in [0.717, 1.165) is 16.2 Å². The molecule has 0 saturated heterocycles. The van der Waals surface area contributed by atoms with Crippen LogP contribution in [-0.4, -0.2) is 9.97 Å². The summed E-state index contributed by atoms with van der Waals surface area (Å²) in [5.41, 5.74) is -1.62. The Morgan fingerprint density at radius 3 is 2.48 bits per heavy atom. The summed E-state index contributed by atoms with van der Waals surface area (Å²) < 4.78 is 45.4. The van der Waals surface area contributed by atoms with Crippen LogP contribution in [0.4, 0.5) is 13.2 Å². The molecule has 0 aliphatic rings. The number of benzene rings is 1. The third-order valence-electron chi connectivity index (χ3n) is 3.31. The average molecular weight is 411 g/mol. The molecule has 3 rings (SSSR count). The molecule has 128 valence electrons. The van der Waals surface area contributed by atoms with Crippen molar-refractivity contribution < 1.29 is 17.6 Å². The minimum absolute atomic E-state index is 0.256. The van der Waals surface area contributed by atoms with E-state index >= 15 is 0 Å². The molecule has 0 bridgehead atoms. The van der Waals surface area contributed by atoms with Gasteiger partial charge in [-0.3, -0.25) is 0 Å². The lowest BCUT2D eigenvalue weighted by Crippen LogP contribution is -2.20. The van der Waals surface area contributed by atoms with E-state index in [-0.39, 0.29) is 5.56 Å². The molecule has 0 unspecified atom stereocenters. The minimum Gasteiger partial charge on any atom is -0.457 e. The van der Waals surface area contributed by atoms with Gasteiger partial charge in [-0.1, -0.05) is 28.1 Å². The summed E-state index contributed by atoms with van der Waals surface area (Å²) in [7, 11) is 0. The van der Waals surface area contributed by atoms with Crippen molar-refractivity contribution in [2.24, 2.45) is 0 Å². The third kappa shape index (κ3) is 4.08. The summed E-state index contributed by atoms with van der Waals surface area (Å²) >= 11 is 3.34. The summed E-state index contributed by atoms with van der Waals surface area (Å²) in [6.45, 7) is 0. The van der Waals surface area contributed by atoms with Gasteiger partial charge in [0.25, 0.3) is 0 Å². The number of halogens is 4. The predicted octanol–water partition coefficient (Wildman–Crippen LogP) is 4.98. The lowest BCUT2D eigenvalue weighted by Gasteiger charge is -2.08. The topological polar surface area (TPSA) is 58.9 Å². The van der Waals surface area contributed by atoms with Crippen molar-refractivity contribution >= 4 is 28.1 Å². The zero-order valence-electron chi connectivity index (χ0n) is 12.5. The van der Waals surface area contributed by atoms with Gasteiger partial charge in [-0.25, -0.2) is 9.78 Å². The van der Waals surface area contributed by atoms with E-state index < -0.39 is 17.6 Å². The molecule has 25 heavy (non-hydrogen) atoms. The Hall–Kier alpha value is -2.61. The quantitative estimate of drug-likeness (QED) is 0.662. The molecule has 0 spiro atoms. The van der Waals surface area contributed by atoms with Crippen LogP contribution >= 0.6 is 15.9 Å². The molecule has 0 aliphatic carbocycles. The first-order chi connectivity index (χ1) is 11.8. The van der Waals surface area contributed by atoms with Gasteiger partial charge in [-0.2, -0.15) is 13.2 Å². The fraction of sp³-hybridized carbons (Fsp3) is 0.0588. The van der Waals surface area contributed by atoms with Crippen molar-refractivity contribution in [3.63, 3.8) is 0 Å². The zero-order chi connectivity index (χ0) is 18.0.